The highest BCUT2D eigenvalue weighted by Crippen LogP contribution is 2.22. The quantitative estimate of drug-likeness (QED) is 0.758. The van der Waals surface area contributed by atoms with Gasteiger partial charge in [0.25, 0.3) is 5.91 Å². The number of nitrogens with two attached hydrogens (primary N) is 1. The van der Waals surface area contributed by atoms with Crippen LogP contribution in [0.4, 0.5) is 10.8 Å². The van der Waals surface area contributed by atoms with Gasteiger partial charge in [0.2, 0.25) is 0 Å². The number of nitrogens with one attached hydrogen (secondary N) is 1. The third-order valence-corrected chi connectivity index (χ3v) is 3.54. The Balaban J connectivity index is 1.98. The minimum atomic E-state index is -0.284. The number of carbonyl (C=O) groups excluding carboxylic acids is 1. The minimum absolute atomic E-state index is 0.284. The molecule has 5 nitrogen and oxygen atoms in total. The van der Waals surface area contributed by atoms with Crippen molar-refractivity contribution in [3.05, 3.63) is 47.1 Å². The Hall–Kier alpha value is -2.47. The number of fused-ring (bicyclic) bond motifs is 1. The summed E-state index contributed by atoms with van der Waals surface area (Å²) in [4.78, 5) is 20.5. The molecule has 100 valence electrons. The number of carbonyl (C=O) groups is 1. The zero-order chi connectivity index (χ0) is 14.1. The van der Waals surface area contributed by atoms with Gasteiger partial charge in [0.05, 0.1) is 11.2 Å². The third kappa shape index (κ3) is 2.33. The number of nitrogens with zero attached hydrogens (tertiary/aromatic N) is 2. The van der Waals surface area contributed by atoms with Crippen molar-refractivity contribution in [1.29, 1.82) is 0 Å². The number of aromatic nitrogens is 2. The number of thiazole rings is 1. The van der Waals surface area contributed by atoms with Gasteiger partial charge in [-0.25, -0.2) is 4.98 Å². The van der Waals surface area contributed by atoms with E-state index in [1.807, 2.05) is 37.3 Å². The van der Waals surface area contributed by atoms with E-state index in [2.05, 4.69) is 15.3 Å². The van der Waals surface area contributed by atoms with Gasteiger partial charge >= 0.3 is 0 Å². The van der Waals surface area contributed by atoms with Gasteiger partial charge in [-0.1, -0.05) is 18.2 Å². The number of rotatable bonds is 2. The van der Waals surface area contributed by atoms with E-state index in [0.29, 0.717) is 16.5 Å². The van der Waals surface area contributed by atoms with Crippen LogP contribution in [0, 0.1) is 6.92 Å². The molecule has 0 atom stereocenters. The first-order chi connectivity index (χ1) is 9.63. The van der Waals surface area contributed by atoms with E-state index in [0.717, 1.165) is 16.6 Å². The van der Waals surface area contributed by atoms with E-state index in [9.17, 15) is 4.79 Å². The van der Waals surface area contributed by atoms with Crippen LogP contribution >= 0.6 is 11.3 Å². The molecule has 0 bridgehead atoms. The number of hydrogen-bond acceptors (Lipinski definition) is 5. The lowest BCUT2D eigenvalue weighted by Gasteiger charge is -2.07. The summed E-state index contributed by atoms with van der Waals surface area (Å²) in [5.74, 6) is -0.284. The molecule has 3 rings (SSSR count). The zero-order valence-corrected chi connectivity index (χ0v) is 11.6. The summed E-state index contributed by atoms with van der Waals surface area (Å²) in [7, 11) is 0. The fourth-order valence-corrected chi connectivity index (χ4v) is 2.47. The van der Waals surface area contributed by atoms with Gasteiger partial charge in [0, 0.05) is 16.5 Å². The van der Waals surface area contributed by atoms with E-state index >= 15 is 0 Å². The smallest absolute Gasteiger partial charge is 0.275 e. The SMILES string of the molecule is Cc1ccc2cccc(NC(=O)c3csc(N)n3)c2n1. The van der Waals surface area contributed by atoms with Gasteiger partial charge in [-0.05, 0) is 19.1 Å². The number of nitrogen functional groups attached to an aromatic ring is 1. The second kappa shape index (κ2) is 4.90. The highest BCUT2D eigenvalue weighted by Gasteiger charge is 2.12. The molecule has 0 spiro atoms. The van der Waals surface area contributed by atoms with Crippen molar-refractivity contribution in [3.63, 3.8) is 0 Å². The van der Waals surface area contributed by atoms with Gasteiger partial charge < -0.3 is 11.1 Å². The molecule has 0 aliphatic heterocycles. The van der Waals surface area contributed by atoms with Crippen LogP contribution in [0.1, 0.15) is 16.2 Å². The second-order valence-electron chi connectivity index (χ2n) is 4.36. The van der Waals surface area contributed by atoms with E-state index in [1.54, 1.807) is 5.38 Å². The first-order valence-corrected chi connectivity index (χ1v) is 6.90. The fraction of sp³-hybridized carbons (Fsp3) is 0.0714. The Labute approximate surface area is 119 Å². The van der Waals surface area contributed by atoms with E-state index in [-0.39, 0.29) is 5.91 Å². The van der Waals surface area contributed by atoms with Crippen LogP contribution in [0.15, 0.2) is 35.7 Å². The van der Waals surface area contributed by atoms with Gasteiger partial charge in [0.15, 0.2) is 5.13 Å². The highest BCUT2D eigenvalue weighted by molar-refractivity contribution is 7.13. The lowest BCUT2D eigenvalue weighted by Crippen LogP contribution is -2.13. The van der Waals surface area contributed by atoms with Gasteiger partial charge in [-0.3, -0.25) is 9.78 Å². The number of aryl methyl sites for hydroxylation is 1. The number of para-hydroxylation sites is 1. The Bertz CT molecular complexity index is 797. The first-order valence-electron chi connectivity index (χ1n) is 6.02. The van der Waals surface area contributed by atoms with Gasteiger partial charge in [-0.2, -0.15) is 0 Å². The maximum atomic E-state index is 12.1. The Kier molecular flexibility index (Phi) is 3.08. The highest BCUT2D eigenvalue weighted by atomic mass is 32.1. The summed E-state index contributed by atoms with van der Waals surface area (Å²) in [5, 5.41) is 5.82. The molecule has 0 saturated heterocycles. The molecule has 20 heavy (non-hydrogen) atoms. The average Bonchev–Trinajstić information content (AvgIpc) is 2.86. The molecule has 0 saturated carbocycles. The summed E-state index contributed by atoms with van der Waals surface area (Å²) in [6.45, 7) is 1.92. The topological polar surface area (TPSA) is 80.9 Å². The molecule has 2 aromatic heterocycles. The van der Waals surface area contributed by atoms with Crippen LogP contribution in [0.5, 0.6) is 0 Å². The molecule has 0 radical (unpaired) electrons. The van der Waals surface area contributed by atoms with Crippen molar-refractivity contribution in [2.75, 3.05) is 11.1 Å². The van der Waals surface area contributed by atoms with Gasteiger partial charge in [0.1, 0.15) is 5.69 Å². The van der Waals surface area contributed by atoms with Crippen molar-refractivity contribution >= 4 is 39.0 Å². The number of amides is 1. The van der Waals surface area contributed by atoms with E-state index in [1.165, 1.54) is 11.3 Å². The van der Waals surface area contributed by atoms with Crippen molar-refractivity contribution in [1.82, 2.24) is 9.97 Å². The standard InChI is InChI=1S/C14H12N4OS/c1-8-5-6-9-3-2-4-10(12(9)16-8)17-13(19)11-7-20-14(15)18-11/h2-7H,1H3,(H2,15,18)(H,17,19). The normalized spacial score (nSPS) is 10.7. The van der Waals surface area contributed by atoms with Crippen LogP contribution < -0.4 is 11.1 Å². The monoisotopic (exact) mass is 284 g/mol. The summed E-state index contributed by atoms with van der Waals surface area (Å²) < 4.78 is 0. The Morgan fingerprint density at radius 2 is 2.10 bits per heavy atom. The largest absolute Gasteiger partial charge is 0.375 e. The number of hydrogen-bond donors (Lipinski definition) is 2. The van der Waals surface area contributed by atoms with Crippen LogP contribution in [0.25, 0.3) is 10.9 Å². The molecule has 6 heteroatoms. The molecular weight excluding hydrogens is 272 g/mol. The molecule has 1 aromatic carbocycles. The maximum Gasteiger partial charge on any atom is 0.275 e. The summed E-state index contributed by atoms with van der Waals surface area (Å²) in [6, 6.07) is 9.58. The molecule has 0 fully saturated rings. The van der Waals surface area contributed by atoms with Crippen molar-refractivity contribution < 1.29 is 4.79 Å². The minimum Gasteiger partial charge on any atom is -0.375 e. The molecule has 1 amide bonds. The molecule has 2 heterocycles. The third-order valence-electron chi connectivity index (χ3n) is 2.86. The first kappa shape index (κ1) is 12.6. The van der Waals surface area contributed by atoms with E-state index < -0.39 is 0 Å². The molecule has 3 aromatic rings. The predicted molar refractivity (Wildman–Crippen MR) is 81.0 cm³/mol. The van der Waals surface area contributed by atoms with Crippen molar-refractivity contribution in [2.24, 2.45) is 0 Å². The van der Waals surface area contributed by atoms with Gasteiger partial charge in [-0.15, -0.1) is 11.3 Å². The molecular formula is C14H12N4OS. The zero-order valence-electron chi connectivity index (χ0n) is 10.8. The number of pyridine rings is 1. The van der Waals surface area contributed by atoms with Crippen molar-refractivity contribution in [2.45, 2.75) is 6.92 Å². The number of anilines is 2. The number of benzene rings is 1. The summed E-state index contributed by atoms with van der Waals surface area (Å²) in [5.41, 5.74) is 8.19. The molecule has 0 aliphatic rings. The molecule has 0 aliphatic carbocycles. The average molecular weight is 284 g/mol. The van der Waals surface area contributed by atoms with Crippen LogP contribution in [0.2, 0.25) is 0 Å². The van der Waals surface area contributed by atoms with Crippen LogP contribution in [-0.4, -0.2) is 15.9 Å². The van der Waals surface area contributed by atoms with E-state index in [4.69, 9.17) is 5.73 Å². The van der Waals surface area contributed by atoms with Crippen LogP contribution in [0.3, 0.4) is 0 Å². The Morgan fingerprint density at radius 1 is 1.25 bits per heavy atom. The van der Waals surface area contributed by atoms with Crippen molar-refractivity contribution in [3.8, 4) is 0 Å². The molecule has 3 N–H and O–H groups in total. The summed E-state index contributed by atoms with van der Waals surface area (Å²) >= 11 is 1.24. The predicted octanol–water partition coefficient (Wildman–Crippen LogP) is 2.83. The lowest BCUT2D eigenvalue weighted by molar-refractivity contribution is 0.102. The lowest BCUT2D eigenvalue weighted by atomic mass is 10.1. The van der Waals surface area contributed by atoms with Crippen LogP contribution in [-0.2, 0) is 0 Å². The second-order valence-corrected chi connectivity index (χ2v) is 5.24. The maximum absolute atomic E-state index is 12.1. The summed E-state index contributed by atoms with van der Waals surface area (Å²) in [6.07, 6.45) is 0. The Morgan fingerprint density at radius 3 is 2.85 bits per heavy atom. The molecule has 0 unspecified atom stereocenters. The fourth-order valence-electron chi connectivity index (χ4n) is 1.92.